The molecular formula is C10H11NO3S. The van der Waals surface area contributed by atoms with E-state index in [1.54, 1.807) is 30.0 Å². The predicted octanol–water partition coefficient (Wildman–Crippen LogP) is 1.52. The van der Waals surface area contributed by atoms with Gasteiger partial charge in [-0.15, -0.1) is 0 Å². The Morgan fingerprint density at radius 3 is 3.13 bits per heavy atom. The number of aliphatic hydroxyl groups excluding tert-OH is 1. The first kappa shape index (κ1) is 10.3. The second kappa shape index (κ2) is 4.12. The minimum absolute atomic E-state index is 0.471. The Labute approximate surface area is 90.3 Å². The number of oxazole rings is 1. The molecule has 0 bridgehead atoms. The number of aromatic amines is 1. The highest BCUT2D eigenvalue weighted by Crippen LogP contribution is 2.20. The number of nitrogens with one attached hydrogen (secondary N) is 1. The summed E-state index contributed by atoms with van der Waals surface area (Å²) in [5.74, 6) is 0.162. The van der Waals surface area contributed by atoms with E-state index in [2.05, 4.69) is 4.98 Å². The van der Waals surface area contributed by atoms with E-state index in [9.17, 15) is 9.90 Å². The molecule has 80 valence electrons. The minimum Gasteiger partial charge on any atom is -0.408 e. The second-order valence-electron chi connectivity index (χ2n) is 3.24. The SMILES string of the molecule is CSCC(O)c1ccc2oc(=O)[nH]c2c1. The number of fused-ring (bicyclic) bond motifs is 1. The fraction of sp³-hybridized carbons (Fsp3) is 0.300. The van der Waals surface area contributed by atoms with Crippen molar-refractivity contribution in [1.29, 1.82) is 0 Å². The van der Waals surface area contributed by atoms with Gasteiger partial charge in [-0.25, -0.2) is 4.79 Å². The lowest BCUT2D eigenvalue weighted by molar-refractivity contribution is 0.204. The quantitative estimate of drug-likeness (QED) is 0.831. The van der Waals surface area contributed by atoms with Crippen LogP contribution in [-0.4, -0.2) is 22.1 Å². The van der Waals surface area contributed by atoms with Crippen molar-refractivity contribution < 1.29 is 9.52 Å². The molecule has 0 spiro atoms. The van der Waals surface area contributed by atoms with E-state index in [1.165, 1.54) is 0 Å². The van der Waals surface area contributed by atoms with Gasteiger partial charge in [0.15, 0.2) is 5.58 Å². The van der Waals surface area contributed by atoms with Gasteiger partial charge >= 0.3 is 5.76 Å². The van der Waals surface area contributed by atoms with Crippen LogP contribution in [0.4, 0.5) is 0 Å². The predicted molar refractivity (Wildman–Crippen MR) is 60.2 cm³/mol. The van der Waals surface area contributed by atoms with E-state index >= 15 is 0 Å². The third-order valence-corrected chi connectivity index (χ3v) is 2.80. The summed E-state index contributed by atoms with van der Waals surface area (Å²) in [6.07, 6.45) is 1.42. The van der Waals surface area contributed by atoms with Gasteiger partial charge in [-0.05, 0) is 24.0 Å². The molecule has 15 heavy (non-hydrogen) atoms. The first-order valence-electron chi connectivity index (χ1n) is 4.50. The Morgan fingerprint density at radius 1 is 1.60 bits per heavy atom. The smallest absolute Gasteiger partial charge is 0.408 e. The fourth-order valence-electron chi connectivity index (χ4n) is 1.43. The van der Waals surface area contributed by atoms with Crippen LogP contribution < -0.4 is 5.76 Å². The summed E-state index contributed by atoms with van der Waals surface area (Å²) < 4.78 is 4.86. The normalized spacial score (nSPS) is 13.2. The van der Waals surface area contributed by atoms with Crippen molar-refractivity contribution in [3.05, 3.63) is 34.3 Å². The van der Waals surface area contributed by atoms with Crippen LogP contribution in [0.25, 0.3) is 11.1 Å². The van der Waals surface area contributed by atoms with Crippen LogP contribution in [0.2, 0.25) is 0 Å². The van der Waals surface area contributed by atoms with E-state index in [-0.39, 0.29) is 0 Å². The van der Waals surface area contributed by atoms with Gasteiger partial charge in [-0.2, -0.15) is 11.8 Å². The molecule has 1 unspecified atom stereocenters. The maximum Gasteiger partial charge on any atom is 0.417 e. The molecule has 2 rings (SSSR count). The molecule has 1 atom stereocenters. The molecule has 0 aliphatic rings. The van der Waals surface area contributed by atoms with Gasteiger partial charge in [-0.3, -0.25) is 4.98 Å². The van der Waals surface area contributed by atoms with Gasteiger partial charge in [0, 0.05) is 5.75 Å². The maximum atomic E-state index is 10.9. The monoisotopic (exact) mass is 225 g/mol. The highest BCUT2D eigenvalue weighted by Gasteiger charge is 2.09. The topological polar surface area (TPSA) is 66.2 Å². The summed E-state index contributed by atoms with van der Waals surface area (Å²) in [6, 6.07) is 5.19. The Bertz CT molecular complexity index is 517. The summed E-state index contributed by atoms with van der Waals surface area (Å²) in [4.78, 5) is 13.5. The molecule has 0 radical (unpaired) electrons. The zero-order valence-corrected chi connectivity index (χ0v) is 9.00. The first-order valence-corrected chi connectivity index (χ1v) is 5.90. The maximum absolute atomic E-state index is 10.9. The first-order chi connectivity index (χ1) is 7.20. The van der Waals surface area contributed by atoms with E-state index in [0.29, 0.717) is 16.9 Å². The lowest BCUT2D eigenvalue weighted by Crippen LogP contribution is -1.99. The molecule has 0 aliphatic heterocycles. The van der Waals surface area contributed by atoms with Gasteiger partial charge in [0.05, 0.1) is 11.6 Å². The van der Waals surface area contributed by atoms with Crippen LogP contribution in [0.5, 0.6) is 0 Å². The summed E-state index contributed by atoms with van der Waals surface area (Å²) >= 11 is 1.57. The minimum atomic E-state index is -0.511. The molecule has 0 saturated carbocycles. The van der Waals surface area contributed by atoms with Crippen molar-refractivity contribution in [2.45, 2.75) is 6.10 Å². The Morgan fingerprint density at radius 2 is 2.40 bits per heavy atom. The van der Waals surface area contributed by atoms with Gasteiger partial charge in [0.25, 0.3) is 0 Å². The molecule has 0 aliphatic carbocycles. The van der Waals surface area contributed by atoms with Crippen molar-refractivity contribution in [1.82, 2.24) is 4.98 Å². The van der Waals surface area contributed by atoms with Crippen molar-refractivity contribution in [3.63, 3.8) is 0 Å². The van der Waals surface area contributed by atoms with E-state index < -0.39 is 11.9 Å². The number of aromatic nitrogens is 1. The molecular weight excluding hydrogens is 214 g/mol. The molecule has 0 saturated heterocycles. The number of H-pyrrole nitrogens is 1. The molecule has 1 aromatic carbocycles. The van der Waals surface area contributed by atoms with Gasteiger partial charge < -0.3 is 9.52 Å². The molecule has 4 nitrogen and oxygen atoms in total. The average molecular weight is 225 g/mol. The standard InChI is InChI=1S/C10H11NO3S/c1-15-5-8(12)6-2-3-9-7(4-6)11-10(13)14-9/h2-4,8,12H,5H2,1H3,(H,11,13). The van der Waals surface area contributed by atoms with Crippen LogP contribution in [0, 0.1) is 0 Å². The molecule has 0 amide bonds. The molecule has 1 aromatic heterocycles. The lowest BCUT2D eigenvalue weighted by atomic mass is 10.1. The second-order valence-corrected chi connectivity index (χ2v) is 4.15. The fourth-order valence-corrected chi connectivity index (χ4v) is 1.94. The summed E-state index contributed by atoms with van der Waals surface area (Å²) in [7, 11) is 0. The number of hydrogen-bond donors (Lipinski definition) is 2. The lowest BCUT2D eigenvalue weighted by Gasteiger charge is -2.08. The number of aliphatic hydroxyl groups is 1. The third-order valence-electron chi connectivity index (χ3n) is 2.15. The summed E-state index contributed by atoms with van der Waals surface area (Å²) in [6.45, 7) is 0. The van der Waals surface area contributed by atoms with E-state index in [4.69, 9.17) is 4.42 Å². The Balaban J connectivity index is 2.41. The largest absolute Gasteiger partial charge is 0.417 e. The summed E-state index contributed by atoms with van der Waals surface area (Å²) in [5.41, 5.74) is 1.92. The van der Waals surface area contributed by atoms with Crippen LogP contribution in [0.15, 0.2) is 27.4 Å². The molecule has 0 fully saturated rings. The van der Waals surface area contributed by atoms with Crippen LogP contribution >= 0.6 is 11.8 Å². The van der Waals surface area contributed by atoms with Crippen LogP contribution in [0.3, 0.4) is 0 Å². The van der Waals surface area contributed by atoms with Crippen LogP contribution in [0.1, 0.15) is 11.7 Å². The number of benzene rings is 1. The van der Waals surface area contributed by atoms with Gasteiger partial charge in [0.2, 0.25) is 0 Å². The van der Waals surface area contributed by atoms with Crippen LogP contribution in [-0.2, 0) is 0 Å². The van der Waals surface area contributed by atoms with E-state index in [0.717, 1.165) is 5.56 Å². The number of rotatable bonds is 3. The van der Waals surface area contributed by atoms with E-state index in [1.807, 2.05) is 6.26 Å². The zero-order chi connectivity index (χ0) is 10.8. The van der Waals surface area contributed by atoms with Gasteiger partial charge in [0.1, 0.15) is 0 Å². The highest BCUT2D eigenvalue weighted by molar-refractivity contribution is 7.98. The molecule has 1 heterocycles. The van der Waals surface area contributed by atoms with Crippen molar-refractivity contribution in [2.75, 3.05) is 12.0 Å². The van der Waals surface area contributed by atoms with Crippen molar-refractivity contribution >= 4 is 22.9 Å². The van der Waals surface area contributed by atoms with Gasteiger partial charge in [-0.1, -0.05) is 6.07 Å². The number of thioether (sulfide) groups is 1. The third kappa shape index (κ3) is 2.08. The Kier molecular flexibility index (Phi) is 2.83. The molecule has 2 N–H and O–H groups in total. The molecule has 5 heteroatoms. The molecule has 2 aromatic rings. The van der Waals surface area contributed by atoms with Crippen molar-refractivity contribution in [3.8, 4) is 0 Å². The summed E-state index contributed by atoms with van der Waals surface area (Å²) in [5, 5.41) is 9.74. The van der Waals surface area contributed by atoms with Crippen molar-refractivity contribution in [2.24, 2.45) is 0 Å². The average Bonchev–Trinajstić information content (AvgIpc) is 2.57. The zero-order valence-electron chi connectivity index (χ0n) is 8.19. The Hall–Kier alpha value is -1.20. The number of hydrogen-bond acceptors (Lipinski definition) is 4. The highest BCUT2D eigenvalue weighted by atomic mass is 32.2.